The molecule has 1 amide bonds. The largest absolute Gasteiger partial charge is 0.326 e. The van der Waals surface area contributed by atoms with E-state index in [1.54, 1.807) is 18.3 Å². The molecule has 1 aromatic rings. The lowest BCUT2D eigenvalue weighted by Gasteiger charge is -2.04. The van der Waals surface area contributed by atoms with Gasteiger partial charge >= 0.3 is 0 Å². The normalized spacial score (nSPS) is 10.0. The second kappa shape index (κ2) is 6.37. The highest BCUT2D eigenvalue weighted by molar-refractivity contribution is 6.29. The third-order valence-electron chi connectivity index (χ3n) is 1.84. The van der Waals surface area contributed by atoms with Gasteiger partial charge in [-0.3, -0.25) is 4.79 Å². The smallest absolute Gasteiger partial charge is 0.224 e. The van der Waals surface area contributed by atoms with E-state index in [2.05, 4.69) is 15.6 Å². The van der Waals surface area contributed by atoms with Crippen molar-refractivity contribution in [3.63, 3.8) is 0 Å². The SMILES string of the molecule is CNCCCC(=O)Nc1ccnc(Cl)c1. The van der Waals surface area contributed by atoms with Crippen molar-refractivity contribution in [3.8, 4) is 0 Å². The summed E-state index contributed by atoms with van der Waals surface area (Å²) in [7, 11) is 1.86. The van der Waals surface area contributed by atoms with E-state index in [4.69, 9.17) is 11.6 Å². The molecular weight excluding hydrogens is 214 g/mol. The minimum Gasteiger partial charge on any atom is -0.326 e. The Bertz CT molecular complexity index is 330. The Balaban J connectivity index is 2.37. The van der Waals surface area contributed by atoms with E-state index < -0.39 is 0 Å². The number of aromatic nitrogens is 1. The molecule has 5 heteroatoms. The minimum atomic E-state index is -0.00693. The fourth-order valence-electron chi connectivity index (χ4n) is 1.13. The third kappa shape index (κ3) is 4.76. The van der Waals surface area contributed by atoms with Crippen LogP contribution in [0.1, 0.15) is 12.8 Å². The highest BCUT2D eigenvalue weighted by atomic mass is 35.5. The maximum absolute atomic E-state index is 11.4. The average Bonchev–Trinajstić information content (AvgIpc) is 2.18. The van der Waals surface area contributed by atoms with Crippen molar-refractivity contribution < 1.29 is 4.79 Å². The van der Waals surface area contributed by atoms with E-state index in [0.717, 1.165) is 13.0 Å². The summed E-state index contributed by atoms with van der Waals surface area (Å²) in [4.78, 5) is 15.2. The minimum absolute atomic E-state index is 0.00693. The van der Waals surface area contributed by atoms with Gasteiger partial charge in [0, 0.05) is 18.3 Å². The molecule has 1 aromatic heterocycles. The van der Waals surface area contributed by atoms with Crippen molar-refractivity contribution in [2.24, 2.45) is 0 Å². The highest BCUT2D eigenvalue weighted by Crippen LogP contribution is 2.12. The average molecular weight is 228 g/mol. The molecule has 0 radical (unpaired) electrons. The summed E-state index contributed by atoms with van der Waals surface area (Å²) < 4.78 is 0. The molecular formula is C10H14ClN3O. The van der Waals surface area contributed by atoms with Gasteiger partial charge in [0.15, 0.2) is 0 Å². The first kappa shape index (κ1) is 11.9. The Labute approximate surface area is 94.0 Å². The maximum atomic E-state index is 11.4. The lowest BCUT2D eigenvalue weighted by Crippen LogP contribution is -2.15. The fourth-order valence-corrected chi connectivity index (χ4v) is 1.30. The van der Waals surface area contributed by atoms with E-state index >= 15 is 0 Å². The summed E-state index contributed by atoms with van der Waals surface area (Å²) in [5, 5.41) is 6.11. The third-order valence-corrected chi connectivity index (χ3v) is 2.05. The lowest BCUT2D eigenvalue weighted by molar-refractivity contribution is -0.116. The first-order valence-electron chi connectivity index (χ1n) is 4.78. The second-order valence-electron chi connectivity index (χ2n) is 3.12. The van der Waals surface area contributed by atoms with Crippen LogP contribution in [0.4, 0.5) is 5.69 Å². The summed E-state index contributed by atoms with van der Waals surface area (Å²) in [6, 6.07) is 3.33. The van der Waals surface area contributed by atoms with Crippen LogP contribution in [0.2, 0.25) is 5.15 Å². The molecule has 0 spiro atoms. The van der Waals surface area contributed by atoms with Gasteiger partial charge in [0.2, 0.25) is 5.91 Å². The highest BCUT2D eigenvalue weighted by Gasteiger charge is 2.02. The predicted octanol–water partition coefficient (Wildman–Crippen LogP) is 1.67. The van der Waals surface area contributed by atoms with E-state index in [9.17, 15) is 4.79 Å². The molecule has 1 heterocycles. The van der Waals surface area contributed by atoms with Gasteiger partial charge in [-0.15, -0.1) is 0 Å². The van der Waals surface area contributed by atoms with Crippen molar-refractivity contribution in [2.75, 3.05) is 18.9 Å². The van der Waals surface area contributed by atoms with Crippen LogP contribution in [0.25, 0.3) is 0 Å². The van der Waals surface area contributed by atoms with Gasteiger partial charge in [0.1, 0.15) is 5.15 Å². The molecule has 0 atom stereocenters. The van der Waals surface area contributed by atoms with E-state index in [0.29, 0.717) is 17.3 Å². The molecule has 0 bridgehead atoms. The number of amides is 1. The van der Waals surface area contributed by atoms with Crippen molar-refractivity contribution in [1.29, 1.82) is 0 Å². The van der Waals surface area contributed by atoms with E-state index in [1.165, 1.54) is 0 Å². The molecule has 1 rings (SSSR count). The number of carbonyl (C=O) groups excluding carboxylic acids is 1. The molecule has 0 unspecified atom stereocenters. The molecule has 0 saturated carbocycles. The fraction of sp³-hybridized carbons (Fsp3) is 0.400. The molecule has 0 aliphatic carbocycles. The molecule has 15 heavy (non-hydrogen) atoms. The van der Waals surface area contributed by atoms with Crippen LogP contribution in [0.5, 0.6) is 0 Å². The van der Waals surface area contributed by atoms with Crippen LogP contribution >= 0.6 is 11.6 Å². The zero-order valence-electron chi connectivity index (χ0n) is 8.59. The number of nitrogens with one attached hydrogen (secondary N) is 2. The summed E-state index contributed by atoms with van der Waals surface area (Å²) in [5.41, 5.74) is 0.685. The Morgan fingerprint density at radius 3 is 3.07 bits per heavy atom. The summed E-state index contributed by atoms with van der Waals surface area (Å²) >= 11 is 5.68. The van der Waals surface area contributed by atoms with Crippen LogP contribution < -0.4 is 10.6 Å². The molecule has 4 nitrogen and oxygen atoms in total. The number of hydrogen-bond donors (Lipinski definition) is 2. The standard InChI is InChI=1S/C10H14ClN3O/c1-12-5-2-3-10(15)14-8-4-6-13-9(11)7-8/h4,6-7,12H,2-3,5H2,1H3,(H,13,14,15). The number of halogens is 1. The molecule has 2 N–H and O–H groups in total. The van der Waals surface area contributed by atoms with Crippen LogP contribution in [0, 0.1) is 0 Å². The topological polar surface area (TPSA) is 54.0 Å². The zero-order valence-corrected chi connectivity index (χ0v) is 9.34. The van der Waals surface area contributed by atoms with Crippen LogP contribution in [-0.4, -0.2) is 24.5 Å². The number of pyridine rings is 1. The van der Waals surface area contributed by atoms with Gasteiger partial charge < -0.3 is 10.6 Å². The van der Waals surface area contributed by atoms with Crippen molar-refractivity contribution in [3.05, 3.63) is 23.5 Å². The Hall–Kier alpha value is -1.13. The maximum Gasteiger partial charge on any atom is 0.224 e. The van der Waals surface area contributed by atoms with Gasteiger partial charge in [0.05, 0.1) is 0 Å². The molecule has 0 aromatic carbocycles. The molecule has 0 fully saturated rings. The van der Waals surface area contributed by atoms with Crippen molar-refractivity contribution in [2.45, 2.75) is 12.8 Å². The van der Waals surface area contributed by atoms with Crippen molar-refractivity contribution in [1.82, 2.24) is 10.3 Å². The Morgan fingerprint density at radius 2 is 2.40 bits per heavy atom. The number of hydrogen-bond acceptors (Lipinski definition) is 3. The van der Waals surface area contributed by atoms with Crippen LogP contribution in [0.3, 0.4) is 0 Å². The van der Waals surface area contributed by atoms with Crippen molar-refractivity contribution >= 4 is 23.2 Å². The van der Waals surface area contributed by atoms with E-state index in [1.807, 2.05) is 7.05 Å². The quantitative estimate of drug-likeness (QED) is 0.595. The van der Waals surface area contributed by atoms with Crippen LogP contribution in [-0.2, 0) is 4.79 Å². The first-order valence-corrected chi connectivity index (χ1v) is 5.16. The van der Waals surface area contributed by atoms with E-state index in [-0.39, 0.29) is 5.91 Å². The number of anilines is 1. The van der Waals surface area contributed by atoms with Gasteiger partial charge in [-0.25, -0.2) is 4.98 Å². The summed E-state index contributed by atoms with van der Waals surface area (Å²) in [6.07, 6.45) is 2.88. The number of rotatable bonds is 5. The van der Waals surface area contributed by atoms with Gasteiger partial charge in [-0.05, 0) is 32.1 Å². The molecule has 82 valence electrons. The van der Waals surface area contributed by atoms with Gasteiger partial charge in [-0.2, -0.15) is 0 Å². The molecule has 0 aliphatic rings. The lowest BCUT2D eigenvalue weighted by atomic mass is 10.3. The van der Waals surface area contributed by atoms with Gasteiger partial charge in [0.25, 0.3) is 0 Å². The summed E-state index contributed by atoms with van der Waals surface area (Å²) in [6.45, 7) is 0.838. The Morgan fingerprint density at radius 1 is 1.60 bits per heavy atom. The van der Waals surface area contributed by atoms with Gasteiger partial charge in [-0.1, -0.05) is 11.6 Å². The summed E-state index contributed by atoms with van der Waals surface area (Å²) in [5.74, 6) is -0.00693. The number of carbonyl (C=O) groups is 1. The first-order chi connectivity index (χ1) is 7.22. The number of nitrogens with zero attached hydrogens (tertiary/aromatic N) is 1. The monoisotopic (exact) mass is 227 g/mol. The second-order valence-corrected chi connectivity index (χ2v) is 3.51. The predicted molar refractivity (Wildman–Crippen MR) is 61.0 cm³/mol. The van der Waals surface area contributed by atoms with Crippen LogP contribution in [0.15, 0.2) is 18.3 Å². The molecule has 0 aliphatic heterocycles. The zero-order chi connectivity index (χ0) is 11.1. The molecule has 0 saturated heterocycles. The Kier molecular flexibility index (Phi) is 5.07.